The van der Waals surface area contributed by atoms with Crippen molar-refractivity contribution < 1.29 is 9.13 Å². The highest BCUT2D eigenvalue weighted by molar-refractivity contribution is 5.24. The van der Waals surface area contributed by atoms with Crippen molar-refractivity contribution >= 4 is 0 Å². The average Bonchev–Trinajstić information content (AvgIpc) is 2.38. The summed E-state index contributed by atoms with van der Waals surface area (Å²) in [7, 11) is 0. The first-order valence-corrected chi connectivity index (χ1v) is 5.31. The first-order valence-electron chi connectivity index (χ1n) is 5.31. The number of aromatic nitrogens is 1. The summed E-state index contributed by atoms with van der Waals surface area (Å²) in [4.78, 5) is 4.16. The van der Waals surface area contributed by atoms with E-state index in [0.29, 0.717) is 18.9 Å². The average molecular weight is 232 g/mol. The molecule has 2 N–H and O–H groups in total. The van der Waals surface area contributed by atoms with E-state index in [0.717, 1.165) is 11.3 Å². The molecule has 2 rings (SSSR count). The van der Waals surface area contributed by atoms with Crippen molar-refractivity contribution in [1.82, 2.24) is 4.98 Å². The lowest BCUT2D eigenvalue weighted by atomic mass is 10.2. The summed E-state index contributed by atoms with van der Waals surface area (Å²) in [6.07, 6.45) is 1.70. The van der Waals surface area contributed by atoms with E-state index in [1.165, 1.54) is 12.1 Å². The number of rotatable bonds is 4. The van der Waals surface area contributed by atoms with Gasteiger partial charge < -0.3 is 10.5 Å². The van der Waals surface area contributed by atoms with Crippen LogP contribution in [0.5, 0.6) is 5.75 Å². The first kappa shape index (κ1) is 11.5. The van der Waals surface area contributed by atoms with Crippen LogP contribution < -0.4 is 10.5 Å². The van der Waals surface area contributed by atoms with Gasteiger partial charge in [-0.25, -0.2) is 4.39 Å². The Bertz CT molecular complexity index is 485. The Morgan fingerprint density at radius 3 is 2.65 bits per heavy atom. The maximum Gasteiger partial charge on any atom is 0.123 e. The third kappa shape index (κ3) is 3.01. The molecule has 0 fully saturated rings. The monoisotopic (exact) mass is 232 g/mol. The summed E-state index contributed by atoms with van der Waals surface area (Å²) in [6.45, 7) is 0.759. The van der Waals surface area contributed by atoms with Crippen LogP contribution in [0, 0.1) is 5.82 Å². The summed E-state index contributed by atoms with van der Waals surface area (Å²) in [5.74, 6) is 0.347. The van der Waals surface area contributed by atoms with Crippen LogP contribution in [0.3, 0.4) is 0 Å². The van der Waals surface area contributed by atoms with Gasteiger partial charge in [-0.15, -0.1) is 0 Å². The lowest BCUT2D eigenvalue weighted by Gasteiger charge is -2.08. The summed E-state index contributed by atoms with van der Waals surface area (Å²) in [5.41, 5.74) is 7.33. The predicted octanol–water partition coefficient (Wildman–Crippen LogP) is 2.26. The number of benzene rings is 1. The Labute approximate surface area is 99.1 Å². The minimum absolute atomic E-state index is 0.277. The molecule has 0 atom stereocenters. The SMILES string of the molecule is NCc1ncccc1COc1ccc(F)cc1. The van der Waals surface area contributed by atoms with Crippen molar-refractivity contribution in [2.45, 2.75) is 13.2 Å². The summed E-state index contributed by atoms with van der Waals surface area (Å²) < 4.78 is 18.2. The highest BCUT2D eigenvalue weighted by atomic mass is 19.1. The quantitative estimate of drug-likeness (QED) is 0.879. The van der Waals surface area contributed by atoms with Crippen molar-refractivity contribution in [1.29, 1.82) is 0 Å². The van der Waals surface area contributed by atoms with Gasteiger partial charge in [-0.3, -0.25) is 4.98 Å². The topological polar surface area (TPSA) is 48.1 Å². The number of nitrogens with zero attached hydrogens (tertiary/aromatic N) is 1. The van der Waals surface area contributed by atoms with E-state index in [1.807, 2.05) is 12.1 Å². The predicted molar refractivity (Wildman–Crippen MR) is 62.9 cm³/mol. The van der Waals surface area contributed by atoms with Gasteiger partial charge in [0.1, 0.15) is 18.2 Å². The third-order valence-electron chi connectivity index (χ3n) is 2.39. The van der Waals surface area contributed by atoms with E-state index in [9.17, 15) is 4.39 Å². The lowest BCUT2D eigenvalue weighted by Crippen LogP contribution is -2.06. The second-order valence-electron chi connectivity index (χ2n) is 3.56. The van der Waals surface area contributed by atoms with E-state index in [1.54, 1.807) is 18.3 Å². The molecule has 1 heterocycles. The fourth-order valence-electron chi connectivity index (χ4n) is 1.48. The van der Waals surface area contributed by atoms with Crippen LogP contribution in [0.2, 0.25) is 0 Å². The molecule has 0 aliphatic heterocycles. The molecule has 2 aromatic rings. The van der Waals surface area contributed by atoms with Crippen molar-refractivity contribution in [3.05, 3.63) is 59.7 Å². The Morgan fingerprint density at radius 2 is 1.94 bits per heavy atom. The minimum atomic E-state index is -0.277. The molecule has 0 unspecified atom stereocenters. The van der Waals surface area contributed by atoms with Gasteiger partial charge in [-0.2, -0.15) is 0 Å². The number of nitrogens with two attached hydrogens (primary N) is 1. The van der Waals surface area contributed by atoms with Gasteiger partial charge in [0.2, 0.25) is 0 Å². The number of hydrogen-bond acceptors (Lipinski definition) is 3. The van der Waals surface area contributed by atoms with Crippen molar-refractivity contribution in [2.24, 2.45) is 5.73 Å². The molecule has 0 radical (unpaired) electrons. The fraction of sp³-hybridized carbons (Fsp3) is 0.154. The van der Waals surface area contributed by atoms with E-state index < -0.39 is 0 Å². The minimum Gasteiger partial charge on any atom is -0.489 e. The van der Waals surface area contributed by atoms with E-state index in [2.05, 4.69) is 4.98 Å². The Morgan fingerprint density at radius 1 is 1.18 bits per heavy atom. The number of pyridine rings is 1. The zero-order valence-corrected chi connectivity index (χ0v) is 9.27. The molecule has 0 amide bonds. The molecule has 3 nitrogen and oxygen atoms in total. The first-order chi connectivity index (χ1) is 8.29. The smallest absolute Gasteiger partial charge is 0.123 e. The van der Waals surface area contributed by atoms with Crippen molar-refractivity contribution in [2.75, 3.05) is 0 Å². The molecule has 0 aliphatic carbocycles. The number of ether oxygens (including phenoxy) is 1. The van der Waals surface area contributed by atoms with Crippen LogP contribution in [0.25, 0.3) is 0 Å². The van der Waals surface area contributed by atoms with E-state index >= 15 is 0 Å². The molecule has 0 bridgehead atoms. The van der Waals surface area contributed by atoms with Crippen LogP contribution in [-0.2, 0) is 13.2 Å². The van der Waals surface area contributed by atoms with Gasteiger partial charge in [-0.05, 0) is 30.3 Å². The van der Waals surface area contributed by atoms with E-state index in [-0.39, 0.29) is 5.82 Å². The highest BCUT2D eigenvalue weighted by Crippen LogP contribution is 2.14. The van der Waals surface area contributed by atoms with Crippen LogP contribution in [0.15, 0.2) is 42.6 Å². The summed E-state index contributed by atoms with van der Waals surface area (Å²) in [5, 5.41) is 0. The molecule has 0 aliphatic rings. The summed E-state index contributed by atoms with van der Waals surface area (Å²) in [6, 6.07) is 9.66. The molecule has 88 valence electrons. The second kappa shape index (κ2) is 5.41. The van der Waals surface area contributed by atoms with Gasteiger partial charge in [-0.1, -0.05) is 6.07 Å². The molecule has 0 saturated carbocycles. The Kier molecular flexibility index (Phi) is 3.67. The van der Waals surface area contributed by atoms with Crippen LogP contribution in [0.4, 0.5) is 4.39 Å². The summed E-state index contributed by atoms with van der Waals surface area (Å²) >= 11 is 0. The lowest BCUT2D eigenvalue weighted by molar-refractivity contribution is 0.304. The van der Waals surface area contributed by atoms with Crippen LogP contribution in [-0.4, -0.2) is 4.98 Å². The van der Waals surface area contributed by atoms with Crippen molar-refractivity contribution in [3.63, 3.8) is 0 Å². The normalized spacial score (nSPS) is 10.2. The Balaban J connectivity index is 2.04. The van der Waals surface area contributed by atoms with Gasteiger partial charge in [0.15, 0.2) is 0 Å². The van der Waals surface area contributed by atoms with Crippen LogP contribution in [0.1, 0.15) is 11.3 Å². The zero-order valence-electron chi connectivity index (χ0n) is 9.27. The molecular formula is C13H13FN2O. The van der Waals surface area contributed by atoms with Gasteiger partial charge in [0.05, 0.1) is 5.69 Å². The standard InChI is InChI=1S/C13H13FN2O/c14-11-3-5-12(6-4-11)17-9-10-2-1-7-16-13(10)8-15/h1-7H,8-9,15H2. The fourth-order valence-corrected chi connectivity index (χ4v) is 1.48. The number of hydrogen-bond donors (Lipinski definition) is 1. The number of halogens is 1. The molecule has 0 spiro atoms. The zero-order chi connectivity index (χ0) is 12.1. The third-order valence-corrected chi connectivity index (χ3v) is 2.39. The molecule has 17 heavy (non-hydrogen) atoms. The maximum atomic E-state index is 12.7. The van der Waals surface area contributed by atoms with Gasteiger partial charge in [0, 0.05) is 18.3 Å². The highest BCUT2D eigenvalue weighted by Gasteiger charge is 2.02. The Hall–Kier alpha value is -1.94. The molecular weight excluding hydrogens is 219 g/mol. The maximum absolute atomic E-state index is 12.7. The molecule has 1 aromatic heterocycles. The molecule has 1 aromatic carbocycles. The van der Waals surface area contributed by atoms with Crippen molar-refractivity contribution in [3.8, 4) is 5.75 Å². The van der Waals surface area contributed by atoms with E-state index in [4.69, 9.17) is 10.5 Å². The van der Waals surface area contributed by atoms with Crippen LogP contribution >= 0.6 is 0 Å². The molecule has 0 saturated heterocycles. The second-order valence-corrected chi connectivity index (χ2v) is 3.56. The van der Waals surface area contributed by atoms with Gasteiger partial charge in [0.25, 0.3) is 0 Å². The largest absolute Gasteiger partial charge is 0.489 e. The van der Waals surface area contributed by atoms with Gasteiger partial charge >= 0.3 is 0 Å². The molecule has 4 heteroatoms.